The first-order valence-electron chi connectivity index (χ1n) is 11.7. The number of hydrogen-bond acceptors (Lipinski definition) is 7. The van der Waals surface area contributed by atoms with Gasteiger partial charge in [-0.05, 0) is 50.9 Å². The number of nitrogens with one attached hydrogen (secondary N) is 1. The van der Waals surface area contributed by atoms with E-state index in [-0.39, 0.29) is 11.9 Å². The second-order valence-corrected chi connectivity index (χ2v) is 8.46. The normalized spacial score (nSPS) is 20.6. The number of amides is 1. The molecule has 2 aliphatic rings. The highest BCUT2D eigenvalue weighted by Gasteiger charge is 2.27. The number of aromatic nitrogens is 4. The van der Waals surface area contributed by atoms with E-state index in [0.717, 1.165) is 42.8 Å². The highest BCUT2D eigenvalue weighted by atomic mass is 16.6. The van der Waals surface area contributed by atoms with Gasteiger partial charge < -0.3 is 14.8 Å². The Morgan fingerprint density at radius 2 is 2.15 bits per heavy atom. The lowest BCUT2D eigenvalue weighted by molar-refractivity contribution is -0.123. The van der Waals surface area contributed by atoms with Crippen LogP contribution in [0.2, 0.25) is 0 Å². The van der Waals surface area contributed by atoms with E-state index in [1.807, 2.05) is 38.3 Å². The summed E-state index contributed by atoms with van der Waals surface area (Å²) in [7, 11) is 0. The lowest BCUT2D eigenvalue weighted by Gasteiger charge is -2.35. The Balaban J connectivity index is 1.41. The number of rotatable bonds is 7. The van der Waals surface area contributed by atoms with Crippen LogP contribution in [0.4, 0.5) is 0 Å². The second kappa shape index (κ2) is 11.1. The fourth-order valence-corrected chi connectivity index (χ4v) is 4.19. The molecule has 34 heavy (non-hydrogen) atoms. The molecule has 0 saturated carbocycles. The molecule has 0 radical (unpaired) electrons. The van der Waals surface area contributed by atoms with Crippen LogP contribution in [-0.2, 0) is 14.3 Å². The van der Waals surface area contributed by atoms with Gasteiger partial charge in [-0.25, -0.2) is 15.0 Å². The van der Waals surface area contributed by atoms with Crippen molar-refractivity contribution in [3.63, 3.8) is 0 Å². The van der Waals surface area contributed by atoms with E-state index in [4.69, 9.17) is 14.5 Å². The second-order valence-electron chi connectivity index (χ2n) is 8.46. The van der Waals surface area contributed by atoms with Gasteiger partial charge in [0, 0.05) is 24.6 Å². The molecule has 4 rings (SSSR count). The van der Waals surface area contributed by atoms with Gasteiger partial charge in [-0.1, -0.05) is 19.1 Å². The van der Waals surface area contributed by atoms with Crippen LogP contribution in [0.1, 0.15) is 43.6 Å². The van der Waals surface area contributed by atoms with Gasteiger partial charge in [0.05, 0.1) is 18.3 Å². The minimum Gasteiger partial charge on any atom is -0.487 e. The summed E-state index contributed by atoms with van der Waals surface area (Å²) in [6.07, 6.45) is 12.2. The lowest BCUT2D eigenvalue weighted by atomic mass is 9.98. The summed E-state index contributed by atoms with van der Waals surface area (Å²) in [6, 6.07) is 2.09. The minimum atomic E-state index is -0.0232. The molecular formula is C25H32N6O3. The van der Waals surface area contributed by atoms with Crippen molar-refractivity contribution in [3.05, 3.63) is 72.0 Å². The first-order chi connectivity index (χ1) is 16.5. The Kier molecular flexibility index (Phi) is 7.74. The number of ether oxygens (including phenoxy) is 2. The zero-order valence-electron chi connectivity index (χ0n) is 19.9. The van der Waals surface area contributed by atoms with Gasteiger partial charge in [0.1, 0.15) is 19.5 Å². The Morgan fingerprint density at radius 3 is 2.91 bits per heavy atom. The van der Waals surface area contributed by atoms with E-state index in [1.165, 1.54) is 0 Å². The molecule has 2 saturated heterocycles. The molecule has 0 bridgehead atoms. The number of likely N-dealkylation sites (tertiary alicyclic amines) is 1. The number of piperidine rings is 1. The van der Waals surface area contributed by atoms with Crippen LogP contribution >= 0.6 is 0 Å². The maximum atomic E-state index is 12.9. The molecule has 0 aliphatic carbocycles. The SMILES string of the molecule is C=C1OCCO/C1=C/C(=C\C)CNC(=O)CN1CCCCC1c1cc(C)nc(-n2ccnc2)n1. The molecule has 2 aromatic heterocycles. The maximum Gasteiger partial charge on any atom is 0.235 e. The highest BCUT2D eigenvalue weighted by molar-refractivity contribution is 5.78. The summed E-state index contributed by atoms with van der Waals surface area (Å²) in [5.74, 6) is 1.70. The number of nitrogens with zero attached hydrogens (tertiary/aromatic N) is 5. The fourth-order valence-electron chi connectivity index (χ4n) is 4.19. The lowest BCUT2D eigenvalue weighted by Crippen LogP contribution is -2.42. The largest absolute Gasteiger partial charge is 0.487 e. The number of aryl methyl sites for hydroxylation is 1. The molecule has 9 heteroatoms. The van der Waals surface area contributed by atoms with Gasteiger partial charge in [0.25, 0.3) is 0 Å². The molecule has 2 fully saturated rings. The third-order valence-electron chi connectivity index (χ3n) is 5.97. The van der Waals surface area contributed by atoms with Crippen molar-refractivity contribution in [2.75, 3.05) is 32.8 Å². The fraction of sp³-hybridized carbons (Fsp3) is 0.440. The predicted molar refractivity (Wildman–Crippen MR) is 128 cm³/mol. The molecule has 0 spiro atoms. The van der Waals surface area contributed by atoms with Crippen LogP contribution in [0.3, 0.4) is 0 Å². The zero-order valence-corrected chi connectivity index (χ0v) is 19.9. The van der Waals surface area contributed by atoms with Crippen molar-refractivity contribution in [1.82, 2.24) is 29.7 Å². The summed E-state index contributed by atoms with van der Waals surface area (Å²) in [6.45, 7) is 10.3. The topological polar surface area (TPSA) is 94.4 Å². The molecule has 1 amide bonds. The Bertz CT molecular complexity index is 1080. The van der Waals surface area contributed by atoms with Crippen molar-refractivity contribution in [1.29, 1.82) is 0 Å². The van der Waals surface area contributed by atoms with Crippen molar-refractivity contribution in [2.24, 2.45) is 0 Å². The predicted octanol–water partition coefficient (Wildman–Crippen LogP) is 3.00. The molecule has 180 valence electrons. The van der Waals surface area contributed by atoms with E-state index in [9.17, 15) is 4.79 Å². The third kappa shape index (κ3) is 5.91. The average molecular weight is 465 g/mol. The molecule has 4 heterocycles. The average Bonchev–Trinajstić information content (AvgIpc) is 3.38. The summed E-state index contributed by atoms with van der Waals surface area (Å²) in [5.41, 5.74) is 2.77. The first kappa shape index (κ1) is 23.7. The monoisotopic (exact) mass is 464 g/mol. The molecule has 1 atom stereocenters. The molecule has 1 unspecified atom stereocenters. The van der Waals surface area contributed by atoms with Crippen LogP contribution in [-0.4, -0.2) is 63.2 Å². The van der Waals surface area contributed by atoms with Crippen LogP contribution < -0.4 is 5.32 Å². The van der Waals surface area contributed by atoms with E-state index in [2.05, 4.69) is 26.8 Å². The molecule has 0 aromatic carbocycles. The van der Waals surface area contributed by atoms with Crippen molar-refractivity contribution < 1.29 is 14.3 Å². The van der Waals surface area contributed by atoms with Gasteiger partial charge in [0.2, 0.25) is 11.9 Å². The quantitative estimate of drug-likeness (QED) is 0.673. The minimum absolute atomic E-state index is 0.0232. The summed E-state index contributed by atoms with van der Waals surface area (Å²) in [5, 5.41) is 3.04. The molecular weight excluding hydrogens is 432 g/mol. The number of hydrogen-bond donors (Lipinski definition) is 1. The van der Waals surface area contributed by atoms with Crippen LogP contribution in [0.5, 0.6) is 0 Å². The van der Waals surface area contributed by atoms with Crippen LogP contribution in [0.15, 0.2) is 60.6 Å². The Labute approximate surface area is 200 Å². The third-order valence-corrected chi connectivity index (χ3v) is 5.97. The van der Waals surface area contributed by atoms with Gasteiger partial charge in [-0.3, -0.25) is 14.3 Å². The number of carbonyl (C=O) groups is 1. The Hall–Kier alpha value is -3.46. The number of imidazole rings is 1. The van der Waals surface area contributed by atoms with Gasteiger partial charge in [-0.2, -0.15) is 0 Å². The van der Waals surface area contributed by atoms with E-state index in [0.29, 0.717) is 43.8 Å². The Morgan fingerprint density at radius 1 is 1.29 bits per heavy atom. The van der Waals surface area contributed by atoms with Gasteiger partial charge in [-0.15, -0.1) is 0 Å². The molecule has 2 aliphatic heterocycles. The van der Waals surface area contributed by atoms with Crippen molar-refractivity contribution >= 4 is 5.91 Å². The first-order valence-corrected chi connectivity index (χ1v) is 11.7. The summed E-state index contributed by atoms with van der Waals surface area (Å²) < 4.78 is 12.9. The summed E-state index contributed by atoms with van der Waals surface area (Å²) in [4.78, 5) is 28.5. The maximum absolute atomic E-state index is 12.9. The van der Waals surface area contributed by atoms with Gasteiger partial charge in [0.15, 0.2) is 11.5 Å². The standard InChI is InChI=1S/C25H32N6O3/c1-4-20(14-23-19(3)33-11-12-34-23)15-27-24(32)16-30-9-6-5-7-22(30)21-13-18(2)28-25(29-21)31-10-8-26-17-31/h4,8,10,13-14,17,22H,3,5-7,9,11-12,15-16H2,1-2H3,(H,27,32)/b20-4+,23-14+. The van der Waals surface area contributed by atoms with Crippen LogP contribution in [0.25, 0.3) is 5.95 Å². The van der Waals surface area contributed by atoms with Crippen molar-refractivity contribution in [2.45, 2.75) is 39.2 Å². The number of allylic oxidation sites excluding steroid dienone is 1. The number of carbonyl (C=O) groups excluding carboxylic acids is 1. The van der Waals surface area contributed by atoms with Crippen molar-refractivity contribution in [3.8, 4) is 5.95 Å². The van der Waals surface area contributed by atoms with E-state index < -0.39 is 0 Å². The molecule has 9 nitrogen and oxygen atoms in total. The smallest absolute Gasteiger partial charge is 0.235 e. The zero-order chi connectivity index (χ0) is 23.9. The van der Waals surface area contributed by atoms with Gasteiger partial charge >= 0.3 is 0 Å². The van der Waals surface area contributed by atoms with E-state index >= 15 is 0 Å². The highest BCUT2D eigenvalue weighted by Crippen LogP contribution is 2.30. The van der Waals surface area contributed by atoms with E-state index in [1.54, 1.807) is 17.1 Å². The molecule has 1 N–H and O–H groups in total. The van der Waals surface area contributed by atoms with Crippen LogP contribution in [0, 0.1) is 6.92 Å². The molecule has 2 aromatic rings. The summed E-state index contributed by atoms with van der Waals surface area (Å²) >= 11 is 0.